The van der Waals surface area contributed by atoms with Crippen LogP contribution in [0.4, 0.5) is 0 Å². The van der Waals surface area contributed by atoms with Crippen molar-refractivity contribution in [3.8, 4) is 0 Å². The molecule has 3 aliphatic rings. The van der Waals surface area contributed by atoms with E-state index in [1.165, 1.54) is 14.1 Å². The number of hydrogen-bond donors (Lipinski definition) is 9. The zero-order chi connectivity index (χ0) is 43.6. The maximum Gasteiger partial charge on any atom is 0.296 e. The van der Waals surface area contributed by atoms with Crippen LogP contribution in [0, 0.1) is 0 Å². The van der Waals surface area contributed by atoms with Gasteiger partial charge in [0.1, 0.15) is 22.5 Å². The molecule has 0 saturated heterocycles. The van der Waals surface area contributed by atoms with E-state index in [0.29, 0.717) is 68.3 Å². The van der Waals surface area contributed by atoms with Crippen molar-refractivity contribution in [3.63, 3.8) is 0 Å². The first-order valence-corrected chi connectivity index (χ1v) is 19.2. The summed E-state index contributed by atoms with van der Waals surface area (Å²) in [6, 6.07) is 3.48. The van der Waals surface area contributed by atoms with Gasteiger partial charge in [0.05, 0.1) is 13.1 Å². The minimum atomic E-state index is -1.18. The second kappa shape index (κ2) is 23.5. The molecular weight excluding hydrogens is 778 g/mol. The highest BCUT2D eigenvalue weighted by atomic mass is 16.5. The predicted octanol–water partition coefficient (Wildman–Crippen LogP) is -2.53. The quantitative estimate of drug-likeness (QED) is 0.0574. The molecule has 0 radical (unpaired) electrons. The van der Waals surface area contributed by atoms with Crippen LogP contribution in [-0.4, -0.2) is 171 Å². The van der Waals surface area contributed by atoms with E-state index in [1.807, 2.05) is 0 Å². The number of pyridine rings is 2. The van der Waals surface area contributed by atoms with Gasteiger partial charge in [0.2, 0.25) is 0 Å². The molecule has 0 aromatic carbocycles. The third-order valence-electron chi connectivity index (χ3n) is 9.43. The first-order valence-electron chi connectivity index (χ1n) is 19.2. The van der Waals surface area contributed by atoms with E-state index in [4.69, 9.17) is 5.73 Å². The van der Waals surface area contributed by atoms with Crippen LogP contribution >= 0.6 is 0 Å². The first kappa shape index (κ1) is 47.5. The van der Waals surface area contributed by atoms with E-state index in [-0.39, 0.29) is 61.7 Å². The summed E-state index contributed by atoms with van der Waals surface area (Å²) in [7, 11) is 2.38. The Morgan fingerprint density at radius 3 is 1.54 bits per heavy atom. The van der Waals surface area contributed by atoms with E-state index < -0.39 is 75.1 Å². The number of carbonyl (C=O) groups excluding carboxylic acids is 6. The molecule has 0 unspecified atom stereocenters. The molecule has 10 N–H and O–H groups in total. The number of nitrogens with two attached hydrogens (primary N) is 1. The molecule has 0 spiro atoms. The number of likely N-dealkylation sites (N-methyl/N-ethyl adjacent to an activating group) is 2. The summed E-state index contributed by atoms with van der Waals surface area (Å²) in [6.07, 6.45) is 3.02. The second-order valence-electron chi connectivity index (χ2n) is 14.0. The lowest BCUT2D eigenvalue weighted by Gasteiger charge is -2.25. The molecule has 2 aromatic heterocycles. The van der Waals surface area contributed by atoms with E-state index in [2.05, 4.69) is 21.3 Å². The van der Waals surface area contributed by atoms with Gasteiger partial charge in [-0.25, -0.2) is 10.1 Å². The maximum absolute atomic E-state index is 13.2. The maximum atomic E-state index is 13.2. The SMILES string of the molecule is CN(O)C(=O)CN1CCCCN(CC(=O)N(C)O)CCCNC(=O)c2ccc(n(O)c2=O)C(=O)N[C@@H](CCCCN)CNC(=O)c2ccc(c(=O)n2O)C(=O)NCCC1. The van der Waals surface area contributed by atoms with Crippen molar-refractivity contribution in [2.45, 2.75) is 51.0 Å². The smallest absolute Gasteiger partial charge is 0.296 e. The molecule has 0 fully saturated rings. The third kappa shape index (κ3) is 14.5. The Labute approximate surface area is 339 Å². The molecule has 23 heteroatoms. The van der Waals surface area contributed by atoms with Crippen LogP contribution in [0.3, 0.4) is 0 Å². The van der Waals surface area contributed by atoms with Gasteiger partial charge >= 0.3 is 0 Å². The van der Waals surface area contributed by atoms with Gasteiger partial charge in [-0.05, 0) is 82.4 Å². The average Bonchev–Trinajstić information content (AvgIpc) is 3.19. The molecule has 3 aliphatic heterocycles. The number of hydrogen-bond acceptors (Lipinski definition) is 15. The summed E-state index contributed by atoms with van der Waals surface area (Å²) in [5, 5.41) is 51.7. The van der Waals surface area contributed by atoms with Gasteiger partial charge in [0.25, 0.3) is 46.6 Å². The van der Waals surface area contributed by atoms with Gasteiger partial charge in [-0.3, -0.25) is 58.6 Å². The molecule has 5 heterocycles. The summed E-state index contributed by atoms with van der Waals surface area (Å²) < 4.78 is 0.0457. The zero-order valence-electron chi connectivity index (χ0n) is 33.2. The van der Waals surface area contributed by atoms with Gasteiger partial charge < -0.3 is 37.4 Å². The first-order chi connectivity index (χ1) is 28.0. The molecule has 2 aromatic rings. The van der Waals surface area contributed by atoms with E-state index in [1.54, 1.807) is 9.80 Å². The van der Waals surface area contributed by atoms with Crippen molar-refractivity contribution in [2.75, 3.05) is 79.5 Å². The molecule has 0 saturated carbocycles. The van der Waals surface area contributed by atoms with Gasteiger partial charge in [-0.1, -0.05) is 6.42 Å². The van der Waals surface area contributed by atoms with E-state index in [9.17, 15) is 59.2 Å². The van der Waals surface area contributed by atoms with Gasteiger partial charge in [0.15, 0.2) is 0 Å². The zero-order valence-corrected chi connectivity index (χ0v) is 33.2. The lowest BCUT2D eigenvalue weighted by molar-refractivity contribution is -0.161. The van der Waals surface area contributed by atoms with Crippen LogP contribution in [0.1, 0.15) is 86.6 Å². The number of carbonyl (C=O) groups is 6. The second-order valence-corrected chi connectivity index (χ2v) is 14.0. The fraction of sp³-hybridized carbons (Fsp3) is 0.556. The average molecular weight is 834 g/mol. The lowest BCUT2D eigenvalue weighted by Crippen LogP contribution is -2.46. The number of nitrogens with one attached hydrogen (secondary N) is 4. The monoisotopic (exact) mass is 833 g/mol. The highest BCUT2D eigenvalue weighted by molar-refractivity contribution is 5.97. The van der Waals surface area contributed by atoms with Crippen molar-refractivity contribution in [1.82, 2.24) is 50.7 Å². The number of nitrogens with zero attached hydrogens (tertiary/aromatic N) is 6. The number of hydroxylamine groups is 4. The topological polar surface area (TPSA) is 314 Å². The minimum Gasteiger partial charge on any atom is -0.425 e. The summed E-state index contributed by atoms with van der Waals surface area (Å²) in [5.74, 6) is -4.67. The summed E-state index contributed by atoms with van der Waals surface area (Å²) in [6.45, 7) is 1.24. The molecule has 59 heavy (non-hydrogen) atoms. The Kier molecular flexibility index (Phi) is 18.9. The number of fused-ring (bicyclic) bond motifs is 2. The fourth-order valence-electron chi connectivity index (χ4n) is 6.07. The van der Waals surface area contributed by atoms with Gasteiger partial charge in [0, 0.05) is 52.9 Å². The number of aromatic nitrogens is 2. The van der Waals surface area contributed by atoms with Gasteiger partial charge in [-0.15, -0.1) is 9.46 Å². The summed E-state index contributed by atoms with van der Waals surface area (Å²) in [4.78, 5) is 106. The van der Waals surface area contributed by atoms with Crippen LogP contribution in [0.25, 0.3) is 0 Å². The predicted molar refractivity (Wildman–Crippen MR) is 207 cm³/mol. The molecule has 5 rings (SSSR count). The van der Waals surface area contributed by atoms with E-state index >= 15 is 0 Å². The standard InChI is InChI=1S/C36H55N11O12/c1-42(56)29(48)22-44-17-5-6-18-45(23-30(49)43(2)57)20-8-16-39-32(51)26-11-13-28(47(59)36(26)55)34(53)41-24(9-3-4-14-37)21-40-33(52)27-12-10-25(35(54)46(27)58)31(50)38-15-7-19-44/h10-13,24,56-59H,3-9,14-23,37H2,1-2H3,(H,38,50)(H,39,51)(H,40,52)(H,41,53)/t24-/m0/s1. The van der Waals surface area contributed by atoms with E-state index in [0.717, 1.165) is 24.3 Å². The number of rotatable bonds is 8. The van der Waals surface area contributed by atoms with Crippen LogP contribution in [0.15, 0.2) is 33.9 Å². The minimum absolute atomic E-state index is 0.0191. The van der Waals surface area contributed by atoms with Crippen molar-refractivity contribution in [1.29, 1.82) is 0 Å². The van der Waals surface area contributed by atoms with Crippen LogP contribution in [0.2, 0.25) is 0 Å². The van der Waals surface area contributed by atoms with Crippen molar-refractivity contribution in [2.24, 2.45) is 5.73 Å². The van der Waals surface area contributed by atoms with Crippen LogP contribution in [0.5, 0.6) is 0 Å². The van der Waals surface area contributed by atoms with Crippen LogP contribution < -0.4 is 38.1 Å². The Hall–Kier alpha value is -5.88. The lowest BCUT2D eigenvalue weighted by atomic mass is 10.1. The van der Waals surface area contributed by atoms with Crippen LogP contribution in [-0.2, 0) is 9.59 Å². The number of amides is 6. The Bertz CT molecular complexity index is 1920. The number of unbranched alkanes of at least 4 members (excludes halogenated alkanes) is 1. The molecule has 4 bridgehead atoms. The third-order valence-corrected chi connectivity index (χ3v) is 9.43. The molecule has 1 atom stereocenters. The molecular formula is C36H55N11O12. The Morgan fingerprint density at radius 1 is 0.661 bits per heavy atom. The molecule has 0 aliphatic carbocycles. The molecule has 326 valence electrons. The van der Waals surface area contributed by atoms with Crippen molar-refractivity contribution < 1.29 is 49.6 Å². The highest BCUT2D eigenvalue weighted by Gasteiger charge is 2.24. The summed E-state index contributed by atoms with van der Waals surface area (Å²) >= 11 is 0. The van der Waals surface area contributed by atoms with Gasteiger partial charge in [-0.2, -0.15) is 0 Å². The fourth-order valence-corrected chi connectivity index (χ4v) is 6.07. The summed E-state index contributed by atoms with van der Waals surface area (Å²) in [5.41, 5.74) is 1.31. The highest BCUT2D eigenvalue weighted by Crippen LogP contribution is 2.07. The molecule has 23 nitrogen and oxygen atoms in total. The van der Waals surface area contributed by atoms with Crippen molar-refractivity contribution >= 4 is 35.4 Å². The molecule has 6 amide bonds. The Balaban J connectivity index is 1.89. The van der Waals surface area contributed by atoms with Crippen molar-refractivity contribution in [3.05, 3.63) is 67.5 Å². The largest absolute Gasteiger partial charge is 0.425 e. The Morgan fingerprint density at radius 2 is 1.10 bits per heavy atom. The normalized spacial score (nSPS) is 17.7.